The highest BCUT2D eigenvalue weighted by atomic mass is 16.3. The molecule has 8 nitrogen and oxygen atoms in total. The van der Waals surface area contributed by atoms with Gasteiger partial charge in [0.25, 0.3) is 11.5 Å². The van der Waals surface area contributed by atoms with Gasteiger partial charge in [-0.15, -0.1) is 0 Å². The van der Waals surface area contributed by atoms with Gasteiger partial charge in [-0.25, -0.2) is 0 Å². The van der Waals surface area contributed by atoms with Crippen LogP contribution in [0.1, 0.15) is 52.6 Å². The largest absolute Gasteiger partial charge is 0.469 e. The normalized spacial score (nSPS) is 17.9. The van der Waals surface area contributed by atoms with Gasteiger partial charge in [-0.2, -0.15) is 0 Å². The minimum Gasteiger partial charge on any atom is -0.469 e. The molecule has 3 aromatic rings. The Morgan fingerprint density at radius 1 is 1.14 bits per heavy atom. The number of hydrogen-bond donors (Lipinski definition) is 2. The van der Waals surface area contributed by atoms with Gasteiger partial charge >= 0.3 is 0 Å². The summed E-state index contributed by atoms with van der Waals surface area (Å²) in [5, 5.41) is 3.46. The molecule has 36 heavy (non-hydrogen) atoms. The van der Waals surface area contributed by atoms with Crippen molar-refractivity contribution in [1.29, 1.82) is 0 Å². The second-order valence-corrected chi connectivity index (χ2v) is 10.1. The molecule has 1 atom stereocenters. The lowest BCUT2D eigenvalue weighted by molar-refractivity contribution is 0.0763. The van der Waals surface area contributed by atoms with E-state index in [9.17, 15) is 9.59 Å². The number of fused-ring (bicyclic) bond motifs is 2. The Labute approximate surface area is 210 Å². The van der Waals surface area contributed by atoms with Gasteiger partial charge in [0.1, 0.15) is 5.76 Å². The van der Waals surface area contributed by atoms with Crippen LogP contribution in [-0.2, 0) is 19.4 Å². The number of hydrogen-bond acceptors (Lipinski definition) is 6. The van der Waals surface area contributed by atoms with Gasteiger partial charge in [0.05, 0.1) is 28.9 Å². The van der Waals surface area contributed by atoms with Crippen LogP contribution in [0.3, 0.4) is 0 Å². The maximum absolute atomic E-state index is 13.1. The molecule has 0 spiro atoms. The predicted octanol–water partition coefficient (Wildman–Crippen LogP) is 3.74. The summed E-state index contributed by atoms with van der Waals surface area (Å²) in [5.74, 6) is 0.975. The number of anilines is 1. The number of rotatable bonds is 8. The number of H-pyrrole nitrogens is 1. The van der Waals surface area contributed by atoms with Crippen LogP contribution in [0.25, 0.3) is 0 Å². The number of amides is 1. The summed E-state index contributed by atoms with van der Waals surface area (Å²) in [6.45, 7) is 6.68. The first-order chi connectivity index (χ1) is 17.5. The molecule has 3 aliphatic rings. The van der Waals surface area contributed by atoms with Crippen LogP contribution in [0.15, 0.2) is 57.0 Å². The van der Waals surface area contributed by atoms with E-state index in [1.54, 1.807) is 12.5 Å². The number of aromatic amines is 1. The Hall–Kier alpha value is -3.65. The minimum absolute atomic E-state index is 0.0639. The van der Waals surface area contributed by atoms with Crippen LogP contribution in [0.4, 0.5) is 11.4 Å². The fourth-order valence-corrected chi connectivity index (χ4v) is 5.60. The SMILES string of the molecule is C[C@@H](Cc1ccco1)Nc1cc[nH]c(=O)c1C1=Nc2cc3c(cc2C1)CN(CCN1CCCC1)C3=O. The summed E-state index contributed by atoms with van der Waals surface area (Å²) in [6.07, 6.45) is 7.10. The number of carbonyl (C=O) groups excluding carboxylic acids is 1. The maximum atomic E-state index is 13.1. The van der Waals surface area contributed by atoms with Gasteiger partial charge in [0.15, 0.2) is 0 Å². The summed E-state index contributed by atoms with van der Waals surface area (Å²) in [6, 6.07) is 9.79. The summed E-state index contributed by atoms with van der Waals surface area (Å²) < 4.78 is 5.47. The molecule has 186 valence electrons. The van der Waals surface area contributed by atoms with E-state index in [1.807, 2.05) is 29.2 Å². The molecule has 2 aromatic heterocycles. The van der Waals surface area contributed by atoms with Gasteiger partial charge < -0.3 is 24.5 Å². The third-order valence-electron chi connectivity index (χ3n) is 7.42. The van der Waals surface area contributed by atoms with Crippen LogP contribution < -0.4 is 10.9 Å². The molecule has 0 radical (unpaired) electrons. The minimum atomic E-state index is -0.173. The highest BCUT2D eigenvalue weighted by Gasteiger charge is 2.31. The van der Waals surface area contributed by atoms with Crippen molar-refractivity contribution in [1.82, 2.24) is 14.8 Å². The molecule has 1 amide bonds. The average Bonchev–Trinajstić information content (AvgIpc) is 3.65. The smallest absolute Gasteiger partial charge is 0.259 e. The number of carbonyl (C=O) groups is 1. The molecule has 1 aromatic carbocycles. The molecule has 8 heteroatoms. The third kappa shape index (κ3) is 4.37. The number of nitrogens with one attached hydrogen (secondary N) is 2. The topological polar surface area (TPSA) is 93.9 Å². The number of aliphatic imine (C=N–C) groups is 1. The molecule has 6 rings (SSSR count). The average molecular weight is 486 g/mol. The van der Waals surface area contributed by atoms with E-state index < -0.39 is 0 Å². The molecular formula is C28H31N5O3. The van der Waals surface area contributed by atoms with E-state index >= 15 is 0 Å². The van der Waals surface area contributed by atoms with E-state index in [-0.39, 0.29) is 17.5 Å². The first kappa shape index (κ1) is 22.8. The quantitative estimate of drug-likeness (QED) is 0.507. The standard InChI is InChI=1S/C28H31N5O3/c1-18(13-21-5-4-12-36-21)30-23-6-7-29-27(34)26(23)25-15-19-14-20-17-33(11-10-32-8-2-3-9-32)28(35)22(20)16-24(19)31-25/h4-7,12,14,16,18H,2-3,8-11,13,15,17H2,1H3,(H2,29,30,34)/t18-/m0/s1. The number of furan rings is 1. The zero-order chi connectivity index (χ0) is 24.6. The van der Waals surface area contributed by atoms with E-state index in [0.29, 0.717) is 24.9 Å². The summed E-state index contributed by atoms with van der Waals surface area (Å²) >= 11 is 0. The van der Waals surface area contributed by atoms with Crippen molar-refractivity contribution in [2.45, 2.75) is 45.2 Å². The predicted molar refractivity (Wildman–Crippen MR) is 139 cm³/mol. The van der Waals surface area contributed by atoms with Crippen LogP contribution in [0.5, 0.6) is 0 Å². The Bertz CT molecular complexity index is 1370. The summed E-state index contributed by atoms with van der Waals surface area (Å²) in [5.41, 5.74) is 5.51. The van der Waals surface area contributed by atoms with E-state index in [2.05, 4.69) is 28.2 Å². The molecule has 1 fully saturated rings. The lowest BCUT2D eigenvalue weighted by Crippen LogP contribution is -2.33. The van der Waals surface area contributed by atoms with E-state index in [4.69, 9.17) is 9.41 Å². The van der Waals surface area contributed by atoms with Gasteiger partial charge in [-0.3, -0.25) is 14.6 Å². The van der Waals surface area contributed by atoms with E-state index in [0.717, 1.165) is 65.7 Å². The Morgan fingerprint density at radius 2 is 2.00 bits per heavy atom. The number of pyridine rings is 1. The van der Waals surface area contributed by atoms with Crippen LogP contribution in [0.2, 0.25) is 0 Å². The zero-order valence-electron chi connectivity index (χ0n) is 20.5. The lowest BCUT2D eigenvalue weighted by Gasteiger charge is -2.20. The van der Waals surface area contributed by atoms with Gasteiger partial charge in [0.2, 0.25) is 0 Å². The zero-order valence-corrected chi connectivity index (χ0v) is 20.5. The van der Waals surface area contributed by atoms with Crippen LogP contribution >= 0.6 is 0 Å². The molecule has 5 heterocycles. The Kier molecular flexibility index (Phi) is 5.97. The molecular weight excluding hydrogens is 454 g/mol. The van der Waals surface area contributed by atoms with Crippen molar-refractivity contribution in [3.8, 4) is 0 Å². The Balaban J connectivity index is 1.21. The van der Waals surface area contributed by atoms with Gasteiger partial charge in [-0.1, -0.05) is 6.07 Å². The number of likely N-dealkylation sites (tertiary alicyclic amines) is 1. The second-order valence-electron chi connectivity index (χ2n) is 10.1. The molecule has 3 aliphatic heterocycles. The third-order valence-corrected chi connectivity index (χ3v) is 7.42. The fourth-order valence-electron chi connectivity index (χ4n) is 5.60. The van der Waals surface area contributed by atoms with Crippen molar-refractivity contribution < 1.29 is 9.21 Å². The van der Waals surface area contributed by atoms with Crippen molar-refractivity contribution in [2.75, 3.05) is 31.5 Å². The molecule has 0 bridgehead atoms. The first-order valence-corrected chi connectivity index (χ1v) is 12.8. The summed E-state index contributed by atoms with van der Waals surface area (Å²) in [7, 11) is 0. The van der Waals surface area contributed by atoms with Crippen LogP contribution in [-0.4, -0.2) is 58.6 Å². The maximum Gasteiger partial charge on any atom is 0.259 e. The number of aromatic nitrogens is 1. The van der Waals surface area contributed by atoms with Crippen molar-refractivity contribution in [3.05, 3.63) is 81.2 Å². The molecule has 0 saturated carbocycles. The highest BCUT2D eigenvalue weighted by molar-refractivity contribution is 6.10. The van der Waals surface area contributed by atoms with Gasteiger partial charge in [-0.05, 0) is 68.2 Å². The van der Waals surface area contributed by atoms with Crippen molar-refractivity contribution in [3.63, 3.8) is 0 Å². The summed E-state index contributed by atoms with van der Waals surface area (Å²) in [4.78, 5) is 38.0. The van der Waals surface area contributed by atoms with Crippen LogP contribution in [0, 0.1) is 0 Å². The second kappa shape index (κ2) is 9.43. The monoisotopic (exact) mass is 485 g/mol. The molecule has 1 saturated heterocycles. The first-order valence-electron chi connectivity index (χ1n) is 12.8. The lowest BCUT2D eigenvalue weighted by atomic mass is 10.00. The van der Waals surface area contributed by atoms with E-state index in [1.165, 1.54) is 12.8 Å². The number of benzene rings is 1. The fraction of sp³-hybridized carbons (Fsp3) is 0.393. The number of nitrogens with zero attached hydrogens (tertiary/aromatic N) is 3. The van der Waals surface area contributed by atoms with Crippen molar-refractivity contribution in [2.24, 2.45) is 4.99 Å². The Morgan fingerprint density at radius 3 is 2.81 bits per heavy atom. The van der Waals surface area contributed by atoms with Crippen molar-refractivity contribution >= 4 is 23.0 Å². The molecule has 2 N–H and O–H groups in total. The van der Waals surface area contributed by atoms with Gasteiger partial charge in [0, 0.05) is 50.3 Å². The molecule has 0 unspecified atom stereocenters. The highest BCUT2D eigenvalue weighted by Crippen LogP contribution is 2.36. The molecule has 0 aliphatic carbocycles.